The van der Waals surface area contributed by atoms with Gasteiger partial charge >= 0.3 is 0 Å². The summed E-state index contributed by atoms with van der Waals surface area (Å²) in [7, 11) is 1.98. The van der Waals surface area contributed by atoms with Crippen molar-refractivity contribution in [1.82, 2.24) is 20.2 Å². The van der Waals surface area contributed by atoms with Crippen LogP contribution < -0.4 is 10.6 Å². The molecule has 1 aliphatic carbocycles. The molecule has 0 spiro atoms. The second-order valence-electron chi connectivity index (χ2n) is 5.27. The van der Waals surface area contributed by atoms with Gasteiger partial charge in [-0.1, -0.05) is 23.7 Å². The average Bonchev–Trinajstić information content (AvgIpc) is 3.17. The molecule has 0 amide bonds. The molecule has 0 unspecified atom stereocenters. The van der Waals surface area contributed by atoms with Crippen molar-refractivity contribution in [3.8, 4) is 0 Å². The molecule has 2 aromatic rings. The van der Waals surface area contributed by atoms with Gasteiger partial charge in [0.2, 0.25) is 0 Å². The van der Waals surface area contributed by atoms with Gasteiger partial charge in [0.05, 0.1) is 0 Å². The summed E-state index contributed by atoms with van der Waals surface area (Å²) in [6.07, 6.45) is 6.10. The Morgan fingerprint density at radius 3 is 2.67 bits per heavy atom. The number of aromatic nitrogens is 2. The second kappa shape index (κ2) is 6.03. The maximum atomic E-state index is 5.98. The van der Waals surface area contributed by atoms with Crippen molar-refractivity contribution in [2.45, 2.75) is 24.9 Å². The van der Waals surface area contributed by atoms with Gasteiger partial charge in [0.1, 0.15) is 11.9 Å². The Balaban J connectivity index is 1.85. The van der Waals surface area contributed by atoms with Crippen LogP contribution >= 0.6 is 23.8 Å². The minimum absolute atomic E-state index is 0.0963. The number of hydrogen-bond donors (Lipinski definition) is 2. The van der Waals surface area contributed by atoms with E-state index in [1.54, 1.807) is 6.20 Å². The van der Waals surface area contributed by atoms with E-state index in [0.29, 0.717) is 11.2 Å². The Kier molecular flexibility index (Phi) is 4.12. The predicted molar refractivity (Wildman–Crippen MR) is 88.4 cm³/mol. The maximum absolute atomic E-state index is 5.98. The molecule has 0 bridgehead atoms. The monoisotopic (exact) mass is 320 g/mol. The third kappa shape index (κ3) is 3.54. The molecule has 1 aromatic heterocycles. The van der Waals surface area contributed by atoms with E-state index in [-0.39, 0.29) is 6.04 Å². The molecule has 0 saturated heterocycles. The quantitative estimate of drug-likeness (QED) is 0.850. The molecule has 21 heavy (non-hydrogen) atoms. The van der Waals surface area contributed by atoms with Crippen LogP contribution in [0.1, 0.15) is 30.3 Å². The first-order valence-corrected chi connectivity index (χ1v) is 7.72. The lowest BCUT2D eigenvalue weighted by molar-refractivity contribution is 0.651. The van der Waals surface area contributed by atoms with E-state index >= 15 is 0 Å². The van der Waals surface area contributed by atoms with E-state index in [2.05, 4.69) is 15.6 Å². The van der Waals surface area contributed by atoms with Gasteiger partial charge in [0, 0.05) is 30.5 Å². The van der Waals surface area contributed by atoms with Crippen LogP contribution in [-0.4, -0.2) is 20.7 Å². The number of imidazole rings is 1. The zero-order valence-corrected chi connectivity index (χ0v) is 13.3. The maximum Gasteiger partial charge on any atom is 0.167 e. The summed E-state index contributed by atoms with van der Waals surface area (Å²) in [5.74, 6) is 0.914. The standard InChI is InChI=1S/C15H17ClN4S/c1-20-9-8-17-14(20)13(10-2-4-11(16)5-3-10)19-15(21)18-12-6-7-12/h2-5,8-9,12-13H,6-7H2,1H3,(H2,18,19,21)/t13-/m1/s1. The van der Waals surface area contributed by atoms with E-state index in [1.165, 1.54) is 12.8 Å². The summed E-state index contributed by atoms with van der Waals surface area (Å²) in [6.45, 7) is 0. The summed E-state index contributed by atoms with van der Waals surface area (Å²) >= 11 is 11.4. The molecule has 1 atom stereocenters. The minimum atomic E-state index is -0.0963. The van der Waals surface area contributed by atoms with Crippen molar-refractivity contribution in [2.24, 2.45) is 7.05 Å². The fourth-order valence-electron chi connectivity index (χ4n) is 2.19. The van der Waals surface area contributed by atoms with Crippen LogP contribution in [0.15, 0.2) is 36.7 Å². The number of halogens is 1. The van der Waals surface area contributed by atoms with Crippen molar-refractivity contribution in [1.29, 1.82) is 0 Å². The van der Waals surface area contributed by atoms with Gasteiger partial charge in [-0.05, 0) is 42.8 Å². The molecule has 0 aliphatic heterocycles. The molecule has 6 heteroatoms. The lowest BCUT2D eigenvalue weighted by Crippen LogP contribution is -2.40. The SMILES string of the molecule is Cn1ccnc1[C@H](NC(=S)NC1CC1)c1ccc(Cl)cc1. The Morgan fingerprint density at radius 1 is 1.38 bits per heavy atom. The highest BCUT2D eigenvalue weighted by atomic mass is 35.5. The van der Waals surface area contributed by atoms with Crippen molar-refractivity contribution in [3.63, 3.8) is 0 Å². The number of rotatable bonds is 4. The first-order chi connectivity index (χ1) is 10.1. The fraction of sp³-hybridized carbons (Fsp3) is 0.333. The Bertz CT molecular complexity index is 633. The van der Waals surface area contributed by atoms with Gasteiger partial charge in [0.25, 0.3) is 0 Å². The third-order valence-corrected chi connectivity index (χ3v) is 4.00. The number of hydrogen-bond acceptors (Lipinski definition) is 2. The highest BCUT2D eigenvalue weighted by Gasteiger charge is 2.24. The first-order valence-electron chi connectivity index (χ1n) is 6.93. The lowest BCUT2D eigenvalue weighted by atomic mass is 10.1. The van der Waals surface area contributed by atoms with Crippen molar-refractivity contribution >= 4 is 28.9 Å². The van der Waals surface area contributed by atoms with Gasteiger partial charge in [-0.2, -0.15) is 0 Å². The zero-order valence-electron chi connectivity index (χ0n) is 11.7. The van der Waals surface area contributed by atoms with Gasteiger partial charge < -0.3 is 15.2 Å². The van der Waals surface area contributed by atoms with Crippen LogP contribution in [0.2, 0.25) is 5.02 Å². The average molecular weight is 321 g/mol. The first kappa shape index (κ1) is 14.4. The highest BCUT2D eigenvalue weighted by Crippen LogP contribution is 2.23. The van der Waals surface area contributed by atoms with Gasteiger partial charge in [-0.3, -0.25) is 0 Å². The molecule has 1 heterocycles. The number of nitrogens with one attached hydrogen (secondary N) is 2. The molecule has 1 fully saturated rings. The second-order valence-corrected chi connectivity index (χ2v) is 6.12. The van der Waals surface area contributed by atoms with Gasteiger partial charge in [0.15, 0.2) is 5.11 Å². The van der Waals surface area contributed by atoms with Crippen LogP contribution in [-0.2, 0) is 7.05 Å². The number of thiocarbonyl (C=S) groups is 1. The topological polar surface area (TPSA) is 41.9 Å². The number of aryl methyl sites for hydroxylation is 1. The molecule has 3 rings (SSSR count). The highest BCUT2D eigenvalue weighted by molar-refractivity contribution is 7.80. The molecule has 4 nitrogen and oxygen atoms in total. The van der Waals surface area contributed by atoms with Crippen molar-refractivity contribution in [3.05, 3.63) is 53.1 Å². The van der Waals surface area contributed by atoms with Gasteiger partial charge in [-0.25, -0.2) is 4.98 Å². The van der Waals surface area contributed by atoms with E-state index in [9.17, 15) is 0 Å². The molecular weight excluding hydrogens is 304 g/mol. The number of benzene rings is 1. The molecule has 1 saturated carbocycles. The van der Waals surface area contributed by atoms with E-state index in [1.807, 2.05) is 42.1 Å². The molecule has 1 aromatic carbocycles. The van der Waals surface area contributed by atoms with E-state index in [4.69, 9.17) is 23.8 Å². The zero-order chi connectivity index (χ0) is 14.8. The van der Waals surface area contributed by atoms with E-state index in [0.717, 1.165) is 16.4 Å². The molecular formula is C15H17ClN4S. The summed E-state index contributed by atoms with van der Waals surface area (Å²) in [4.78, 5) is 4.44. The molecule has 110 valence electrons. The Morgan fingerprint density at radius 2 is 2.10 bits per heavy atom. The predicted octanol–water partition coefficient (Wildman–Crippen LogP) is 2.79. The number of nitrogens with zero attached hydrogens (tertiary/aromatic N) is 2. The van der Waals surface area contributed by atoms with Crippen LogP contribution in [0.4, 0.5) is 0 Å². The fourth-order valence-corrected chi connectivity index (χ4v) is 2.60. The molecule has 2 N–H and O–H groups in total. The van der Waals surface area contributed by atoms with Crippen LogP contribution in [0.5, 0.6) is 0 Å². The smallest absolute Gasteiger partial charge is 0.167 e. The van der Waals surface area contributed by atoms with Crippen molar-refractivity contribution in [2.75, 3.05) is 0 Å². The summed E-state index contributed by atoms with van der Waals surface area (Å²) < 4.78 is 1.99. The van der Waals surface area contributed by atoms with Crippen LogP contribution in [0.25, 0.3) is 0 Å². The van der Waals surface area contributed by atoms with Crippen LogP contribution in [0, 0.1) is 0 Å². The lowest BCUT2D eigenvalue weighted by Gasteiger charge is -2.21. The normalized spacial score (nSPS) is 15.5. The van der Waals surface area contributed by atoms with Crippen LogP contribution in [0.3, 0.4) is 0 Å². The summed E-state index contributed by atoms with van der Waals surface area (Å²) in [6, 6.07) is 8.18. The Hall–Kier alpha value is -1.59. The van der Waals surface area contributed by atoms with Crippen molar-refractivity contribution < 1.29 is 0 Å². The molecule has 0 radical (unpaired) electrons. The third-order valence-electron chi connectivity index (χ3n) is 3.51. The van der Waals surface area contributed by atoms with Gasteiger partial charge in [-0.15, -0.1) is 0 Å². The Labute approximate surface area is 134 Å². The minimum Gasteiger partial charge on any atom is -0.360 e. The summed E-state index contributed by atoms with van der Waals surface area (Å²) in [5.41, 5.74) is 1.08. The van der Waals surface area contributed by atoms with E-state index < -0.39 is 0 Å². The largest absolute Gasteiger partial charge is 0.360 e. The molecule has 1 aliphatic rings. The summed E-state index contributed by atoms with van der Waals surface area (Å²) in [5, 5.41) is 8.05.